The Morgan fingerprint density at radius 2 is 1.74 bits per heavy atom. The van der Waals surface area contributed by atoms with Crippen LogP contribution in [0.1, 0.15) is 28.7 Å². The van der Waals surface area contributed by atoms with Crippen molar-refractivity contribution in [3.05, 3.63) is 65.6 Å². The molecule has 0 fully saturated rings. The standard InChI is InChI=1S/C21H24N6O3S/c1-14-7-8-22-19(11-14)27-21-13-20(25-16(3)26-21)23-9-10-24-31(29,30)18-6-4-5-17(12-18)15(2)28/h4-8,11-13,24H,9-10H2,1-3H3,(H2,22,23,25,26,27). The lowest BCUT2D eigenvalue weighted by Gasteiger charge is -2.11. The fourth-order valence-electron chi connectivity index (χ4n) is 2.80. The average molecular weight is 441 g/mol. The average Bonchev–Trinajstić information content (AvgIpc) is 2.71. The number of sulfonamides is 1. The highest BCUT2D eigenvalue weighted by atomic mass is 32.2. The molecule has 3 rings (SSSR count). The Labute approximate surface area is 181 Å². The zero-order chi connectivity index (χ0) is 22.4. The van der Waals surface area contributed by atoms with E-state index >= 15 is 0 Å². The number of carbonyl (C=O) groups excluding carboxylic acids is 1. The predicted molar refractivity (Wildman–Crippen MR) is 119 cm³/mol. The van der Waals surface area contributed by atoms with Gasteiger partial charge in [-0.2, -0.15) is 0 Å². The lowest BCUT2D eigenvalue weighted by molar-refractivity contribution is 0.101. The van der Waals surface area contributed by atoms with Gasteiger partial charge in [-0.1, -0.05) is 12.1 Å². The molecule has 0 unspecified atom stereocenters. The largest absolute Gasteiger partial charge is 0.369 e. The summed E-state index contributed by atoms with van der Waals surface area (Å²) in [5.41, 5.74) is 1.42. The zero-order valence-corrected chi connectivity index (χ0v) is 18.3. The smallest absolute Gasteiger partial charge is 0.240 e. The number of pyridine rings is 1. The Bertz CT molecular complexity index is 1200. The van der Waals surface area contributed by atoms with Gasteiger partial charge in [0.05, 0.1) is 4.90 Å². The van der Waals surface area contributed by atoms with Crippen LogP contribution in [0.2, 0.25) is 0 Å². The van der Waals surface area contributed by atoms with E-state index in [0.717, 1.165) is 5.56 Å². The molecule has 0 saturated heterocycles. The van der Waals surface area contributed by atoms with Gasteiger partial charge in [0.15, 0.2) is 5.78 Å². The van der Waals surface area contributed by atoms with Gasteiger partial charge in [-0.3, -0.25) is 4.79 Å². The van der Waals surface area contributed by atoms with E-state index in [9.17, 15) is 13.2 Å². The molecule has 3 N–H and O–H groups in total. The number of benzene rings is 1. The minimum absolute atomic E-state index is 0.0511. The summed E-state index contributed by atoms with van der Waals surface area (Å²) in [6, 6.07) is 11.5. The van der Waals surface area contributed by atoms with Crippen molar-refractivity contribution in [2.45, 2.75) is 25.7 Å². The van der Waals surface area contributed by atoms with E-state index in [-0.39, 0.29) is 17.2 Å². The lowest BCUT2D eigenvalue weighted by Crippen LogP contribution is -2.29. The first-order valence-corrected chi connectivity index (χ1v) is 11.1. The number of aromatic nitrogens is 3. The molecule has 0 aliphatic carbocycles. The first-order chi connectivity index (χ1) is 14.7. The highest BCUT2D eigenvalue weighted by Gasteiger charge is 2.14. The molecular formula is C21H24N6O3S. The summed E-state index contributed by atoms with van der Waals surface area (Å²) in [6.45, 7) is 5.58. The molecule has 1 aromatic carbocycles. The van der Waals surface area contributed by atoms with E-state index < -0.39 is 10.0 Å². The SMILES string of the molecule is CC(=O)c1cccc(S(=O)(=O)NCCNc2cc(Nc3cc(C)ccn3)nc(C)n2)c1. The van der Waals surface area contributed by atoms with Gasteiger partial charge in [-0.05, 0) is 50.6 Å². The van der Waals surface area contributed by atoms with Crippen LogP contribution < -0.4 is 15.4 Å². The van der Waals surface area contributed by atoms with Gasteiger partial charge in [0, 0.05) is 30.9 Å². The molecule has 0 bridgehead atoms. The molecule has 0 spiro atoms. The van der Waals surface area contributed by atoms with Crippen molar-refractivity contribution in [2.75, 3.05) is 23.7 Å². The van der Waals surface area contributed by atoms with Crippen molar-refractivity contribution in [1.82, 2.24) is 19.7 Å². The van der Waals surface area contributed by atoms with Gasteiger partial charge in [-0.25, -0.2) is 28.1 Å². The van der Waals surface area contributed by atoms with Crippen LogP contribution in [-0.2, 0) is 10.0 Å². The van der Waals surface area contributed by atoms with Crippen molar-refractivity contribution in [3.63, 3.8) is 0 Å². The number of ketones is 1. The summed E-state index contributed by atoms with van der Waals surface area (Å²) in [5.74, 6) is 2.17. The molecule has 2 aromatic heterocycles. The van der Waals surface area contributed by atoms with E-state index in [1.54, 1.807) is 31.3 Å². The Hall–Kier alpha value is -3.37. The van der Waals surface area contributed by atoms with Crippen LogP contribution in [0.15, 0.2) is 53.6 Å². The molecule has 31 heavy (non-hydrogen) atoms. The number of nitrogens with zero attached hydrogens (tertiary/aromatic N) is 3. The summed E-state index contributed by atoms with van der Waals surface area (Å²) in [6.07, 6.45) is 1.71. The van der Waals surface area contributed by atoms with Crippen molar-refractivity contribution >= 4 is 33.3 Å². The Morgan fingerprint density at radius 3 is 2.48 bits per heavy atom. The van der Waals surface area contributed by atoms with Crippen LogP contribution in [0.25, 0.3) is 0 Å². The Balaban J connectivity index is 1.59. The van der Waals surface area contributed by atoms with E-state index in [1.807, 2.05) is 19.1 Å². The number of rotatable bonds is 9. The third-order valence-electron chi connectivity index (χ3n) is 4.28. The molecule has 162 valence electrons. The molecule has 0 aliphatic heterocycles. The number of hydrogen-bond acceptors (Lipinski definition) is 8. The molecule has 3 aromatic rings. The van der Waals surface area contributed by atoms with Crippen molar-refractivity contribution in [3.8, 4) is 0 Å². The third-order valence-corrected chi connectivity index (χ3v) is 5.74. The van der Waals surface area contributed by atoms with E-state index in [1.165, 1.54) is 19.1 Å². The van der Waals surface area contributed by atoms with Crippen molar-refractivity contribution < 1.29 is 13.2 Å². The molecule has 0 aliphatic rings. The van der Waals surface area contributed by atoms with Crippen LogP contribution in [-0.4, -0.2) is 42.2 Å². The predicted octanol–water partition coefficient (Wildman–Crippen LogP) is 2.83. The minimum atomic E-state index is -3.73. The number of anilines is 3. The second kappa shape index (κ2) is 9.63. The van der Waals surface area contributed by atoms with Crippen LogP contribution >= 0.6 is 0 Å². The second-order valence-electron chi connectivity index (χ2n) is 6.94. The third kappa shape index (κ3) is 6.30. The van der Waals surface area contributed by atoms with Gasteiger partial charge < -0.3 is 10.6 Å². The molecule has 0 atom stereocenters. The zero-order valence-electron chi connectivity index (χ0n) is 17.5. The summed E-state index contributed by atoms with van der Waals surface area (Å²) in [5, 5.41) is 6.22. The molecule has 2 heterocycles. The Morgan fingerprint density at radius 1 is 0.968 bits per heavy atom. The first-order valence-electron chi connectivity index (χ1n) is 9.63. The van der Waals surface area contributed by atoms with E-state index in [4.69, 9.17) is 0 Å². The van der Waals surface area contributed by atoms with E-state index in [0.29, 0.717) is 35.4 Å². The maximum absolute atomic E-state index is 12.5. The quantitative estimate of drug-likeness (QED) is 0.343. The molecular weight excluding hydrogens is 416 g/mol. The molecule has 0 radical (unpaired) electrons. The van der Waals surface area contributed by atoms with Crippen LogP contribution in [0.3, 0.4) is 0 Å². The van der Waals surface area contributed by atoms with Gasteiger partial charge in [0.25, 0.3) is 0 Å². The number of carbonyl (C=O) groups is 1. The van der Waals surface area contributed by atoms with Gasteiger partial charge >= 0.3 is 0 Å². The first kappa shape index (κ1) is 22.3. The van der Waals surface area contributed by atoms with Crippen LogP contribution in [0.5, 0.6) is 0 Å². The highest BCUT2D eigenvalue weighted by molar-refractivity contribution is 7.89. The topological polar surface area (TPSA) is 126 Å². The van der Waals surface area contributed by atoms with Gasteiger partial charge in [-0.15, -0.1) is 0 Å². The van der Waals surface area contributed by atoms with Crippen LogP contribution in [0, 0.1) is 13.8 Å². The maximum Gasteiger partial charge on any atom is 0.240 e. The number of Topliss-reactive ketones (excluding diaryl/α,β-unsaturated/α-hetero) is 1. The van der Waals surface area contributed by atoms with Crippen molar-refractivity contribution in [2.24, 2.45) is 0 Å². The molecule has 0 amide bonds. The molecule has 0 saturated carbocycles. The monoisotopic (exact) mass is 440 g/mol. The van der Waals surface area contributed by atoms with Gasteiger partial charge in [0.1, 0.15) is 23.3 Å². The highest BCUT2D eigenvalue weighted by Crippen LogP contribution is 2.16. The normalized spacial score (nSPS) is 11.2. The molecule has 10 heteroatoms. The number of aryl methyl sites for hydroxylation is 2. The van der Waals surface area contributed by atoms with Crippen molar-refractivity contribution in [1.29, 1.82) is 0 Å². The van der Waals surface area contributed by atoms with Gasteiger partial charge in [0.2, 0.25) is 10.0 Å². The summed E-state index contributed by atoms with van der Waals surface area (Å²) in [4.78, 5) is 24.5. The minimum Gasteiger partial charge on any atom is -0.369 e. The molecule has 9 nitrogen and oxygen atoms in total. The summed E-state index contributed by atoms with van der Waals surface area (Å²) < 4.78 is 27.4. The lowest BCUT2D eigenvalue weighted by atomic mass is 10.2. The van der Waals surface area contributed by atoms with E-state index in [2.05, 4.69) is 30.3 Å². The summed E-state index contributed by atoms with van der Waals surface area (Å²) >= 11 is 0. The Kier molecular flexibility index (Phi) is 6.93. The van der Waals surface area contributed by atoms with Crippen LogP contribution in [0.4, 0.5) is 17.5 Å². The second-order valence-corrected chi connectivity index (χ2v) is 8.70. The number of hydrogen-bond donors (Lipinski definition) is 3. The maximum atomic E-state index is 12.5. The fourth-order valence-corrected chi connectivity index (χ4v) is 3.88. The fraction of sp³-hybridized carbons (Fsp3) is 0.238. The summed E-state index contributed by atoms with van der Waals surface area (Å²) in [7, 11) is -3.73. The number of nitrogens with one attached hydrogen (secondary N) is 3.